The predicted octanol–water partition coefficient (Wildman–Crippen LogP) is 5.04. The number of allylic oxidation sites excluding steroid dienone is 1. The first-order valence-corrected chi connectivity index (χ1v) is 22.6. The van der Waals surface area contributed by atoms with E-state index >= 15 is 4.79 Å². The third-order valence-corrected chi connectivity index (χ3v) is 14.6. The Balaban J connectivity index is 1.16. The summed E-state index contributed by atoms with van der Waals surface area (Å²) >= 11 is 0. The molecule has 17 heteroatoms. The molecule has 322 valence electrons. The Morgan fingerprint density at radius 3 is 2.38 bits per heavy atom. The van der Waals surface area contributed by atoms with Crippen molar-refractivity contribution in [3.63, 3.8) is 0 Å². The van der Waals surface area contributed by atoms with Crippen LogP contribution in [0.3, 0.4) is 0 Å². The van der Waals surface area contributed by atoms with Crippen LogP contribution in [0.5, 0.6) is 5.75 Å². The molecule has 15 nitrogen and oxygen atoms in total. The predicted molar refractivity (Wildman–Crippen MR) is 214 cm³/mol. The van der Waals surface area contributed by atoms with E-state index in [0.717, 1.165) is 19.3 Å². The molecule has 4 unspecified atom stereocenters. The average Bonchev–Trinajstić information content (AvgIpc) is 4.03. The summed E-state index contributed by atoms with van der Waals surface area (Å²) in [6.07, 6.45) is 7.70. The second-order valence-electron chi connectivity index (χ2n) is 16.9. The van der Waals surface area contributed by atoms with E-state index in [9.17, 15) is 32.0 Å². The van der Waals surface area contributed by atoms with E-state index in [4.69, 9.17) is 14.2 Å². The monoisotopic (exact) mass is 849 g/mol. The number of halogens is 1. The van der Waals surface area contributed by atoms with Gasteiger partial charge in [0.15, 0.2) is 0 Å². The van der Waals surface area contributed by atoms with Crippen LogP contribution in [0.1, 0.15) is 106 Å². The highest BCUT2D eigenvalue weighted by atomic mass is 32.2. The number of nitrogens with zero attached hydrogens (tertiary/aromatic N) is 2. The highest BCUT2D eigenvalue weighted by molar-refractivity contribution is 7.91. The van der Waals surface area contributed by atoms with Crippen LogP contribution in [0.4, 0.5) is 14.0 Å². The second-order valence-corrected chi connectivity index (χ2v) is 18.9. The molecule has 3 heterocycles. The number of carbonyl (C=O) groups is 5. The van der Waals surface area contributed by atoms with Gasteiger partial charge >= 0.3 is 12.2 Å². The van der Waals surface area contributed by atoms with Gasteiger partial charge in [0.2, 0.25) is 21.8 Å². The van der Waals surface area contributed by atoms with Gasteiger partial charge in [0, 0.05) is 24.4 Å². The fourth-order valence-corrected chi connectivity index (χ4v) is 10.5. The summed E-state index contributed by atoms with van der Waals surface area (Å²) in [7, 11) is -2.47. The Bertz CT molecular complexity index is 2140. The topological polar surface area (TPSA) is 190 Å². The lowest BCUT2D eigenvalue weighted by atomic mass is 10.00. The van der Waals surface area contributed by atoms with Gasteiger partial charge in [-0.3, -0.25) is 24.0 Å². The lowest BCUT2D eigenvalue weighted by molar-refractivity contribution is -0.143. The lowest BCUT2D eigenvalue weighted by Crippen LogP contribution is -2.58. The normalized spacial score (nSPS) is 28.9. The number of ether oxygens (including phenoxy) is 3. The maximum Gasteiger partial charge on any atom is 0.410 e. The molecule has 8 rings (SSSR count). The van der Waals surface area contributed by atoms with Crippen LogP contribution in [-0.4, -0.2) is 90.3 Å². The van der Waals surface area contributed by atoms with Crippen molar-refractivity contribution in [2.75, 3.05) is 7.11 Å². The summed E-state index contributed by atoms with van der Waals surface area (Å²) < 4.78 is 60.3. The number of amides is 5. The van der Waals surface area contributed by atoms with E-state index in [1.54, 1.807) is 36.4 Å². The minimum absolute atomic E-state index is 0.0429. The van der Waals surface area contributed by atoms with Crippen molar-refractivity contribution >= 4 is 39.9 Å². The van der Waals surface area contributed by atoms with E-state index in [0.29, 0.717) is 67.4 Å². The molecule has 0 spiro atoms. The zero-order chi connectivity index (χ0) is 42.2. The molecule has 6 atom stereocenters. The van der Waals surface area contributed by atoms with Crippen molar-refractivity contribution in [3.05, 3.63) is 77.1 Å². The molecule has 2 aromatic rings. The van der Waals surface area contributed by atoms with Gasteiger partial charge in [-0.25, -0.2) is 22.4 Å². The Kier molecular flexibility index (Phi) is 11.8. The molecule has 3 saturated carbocycles. The largest absolute Gasteiger partial charge is 0.497 e. The summed E-state index contributed by atoms with van der Waals surface area (Å²) in [6.45, 7) is 0.0442. The molecular weight excluding hydrogens is 798 g/mol. The molecule has 60 heavy (non-hydrogen) atoms. The van der Waals surface area contributed by atoms with Crippen LogP contribution < -0.4 is 20.1 Å². The number of alkyl carbamates (subject to hydrolysis) is 1. The molecule has 0 radical (unpaired) electrons. The summed E-state index contributed by atoms with van der Waals surface area (Å²) in [4.78, 5) is 74.1. The zero-order valence-corrected chi connectivity index (χ0v) is 34.4. The van der Waals surface area contributed by atoms with Crippen molar-refractivity contribution in [3.8, 4) is 5.75 Å². The minimum atomic E-state index is -3.98. The molecule has 3 aliphatic carbocycles. The van der Waals surface area contributed by atoms with E-state index in [2.05, 4.69) is 15.4 Å². The van der Waals surface area contributed by atoms with Crippen molar-refractivity contribution in [1.29, 1.82) is 0 Å². The summed E-state index contributed by atoms with van der Waals surface area (Å²) in [5.74, 6) is -2.70. The van der Waals surface area contributed by atoms with Crippen molar-refractivity contribution in [1.82, 2.24) is 25.2 Å². The third kappa shape index (κ3) is 8.68. The highest BCUT2D eigenvalue weighted by Crippen LogP contribution is 2.47. The van der Waals surface area contributed by atoms with Gasteiger partial charge in [0.05, 0.1) is 24.9 Å². The van der Waals surface area contributed by atoms with Crippen LogP contribution >= 0.6 is 0 Å². The number of carbonyl (C=O) groups excluding carboxylic acids is 5. The maximum absolute atomic E-state index is 15.2. The van der Waals surface area contributed by atoms with Crippen molar-refractivity contribution in [2.24, 2.45) is 5.92 Å². The molecular formula is C43H52FN5O10S. The second kappa shape index (κ2) is 17.1. The van der Waals surface area contributed by atoms with Crippen LogP contribution in [0.2, 0.25) is 0 Å². The van der Waals surface area contributed by atoms with Gasteiger partial charge in [-0.05, 0) is 93.5 Å². The minimum Gasteiger partial charge on any atom is -0.497 e. The van der Waals surface area contributed by atoms with Gasteiger partial charge in [-0.1, -0.05) is 49.3 Å². The molecule has 6 aliphatic rings. The van der Waals surface area contributed by atoms with E-state index in [1.807, 2.05) is 12.2 Å². The number of benzene rings is 2. The van der Waals surface area contributed by atoms with E-state index in [1.165, 1.54) is 23.0 Å². The first kappa shape index (κ1) is 41.5. The fraction of sp³-hybridized carbons (Fsp3) is 0.558. The average molecular weight is 850 g/mol. The smallest absolute Gasteiger partial charge is 0.410 e. The van der Waals surface area contributed by atoms with Gasteiger partial charge in [-0.2, -0.15) is 0 Å². The quantitative estimate of drug-likeness (QED) is 0.304. The molecule has 0 aromatic heterocycles. The Labute approximate surface area is 348 Å². The van der Waals surface area contributed by atoms with Crippen LogP contribution in [-0.2, 0) is 47.0 Å². The molecule has 4 fully saturated rings. The van der Waals surface area contributed by atoms with Gasteiger partial charge in [0.1, 0.15) is 41.4 Å². The van der Waals surface area contributed by atoms with Crippen molar-refractivity contribution < 1.29 is 51.0 Å². The number of hydrogen-bond donors (Lipinski definition) is 3. The van der Waals surface area contributed by atoms with Gasteiger partial charge in [0.25, 0.3) is 5.91 Å². The maximum atomic E-state index is 15.2. The van der Waals surface area contributed by atoms with E-state index in [-0.39, 0.29) is 38.5 Å². The lowest BCUT2D eigenvalue weighted by Gasteiger charge is -2.35. The highest BCUT2D eigenvalue weighted by Gasteiger charge is 2.63. The van der Waals surface area contributed by atoms with Crippen LogP contribution in [0.15, 0.2) is 54.6 Å². The van der Waals surface area contributed by atoms with Crippen LogP contribution in [0.25, 0.3) is 0 Å². The van der Waals surface area contributed by atoms with Gasteiger partial charge in [-0.15, -0.1) is 0 Å². The number of sulfonamides is 1. The SMILES string of the molecule is COc1ccc([C@H]2[C@H](OC(=O)N3Cc4cccc(F)c4C3)CC3C(=O)NC4(C(=O)NS(=O)(=O)C5CC5)CC4/C=C\CCCCCC(NC(=O)OC4CCCC4)C(=O)N32)cc1. The number of rotatable bonds is 8. The molecule has 2 aromatic carbocycles. The number of fused-ring (bicyclic) bond motifs is 3. The molecule has 1 saturated heterocycles. The number of nitrogens with one attached hydrogen (secondary N) is 3. The molecule has 0 bridgehead atoms. The van der Waals surface area contributed by atoms with Crippen molar-refractivity contribution in [2.45, 2.75) is 138 Å². The summed E-state index contributed by atoms with van der Waals surface area (Å²) in [5.41, 5.74) is -0.129. The Morgan fingerprint density at radius 2 is 1.67 bits per heavy atom. The molecule has 3 N–H and O–H groups in total. The number of hydrogen-bond acceptors (Lipinski definition) is 10. The van der Waals surface area contributed by atoms with Gasteiger partial charge < -0.3 is 29.7 Å². The Hall–Kier alpha value is -5.19. The Morgan fingerprint density at radius 1 is 0.917 bits per heavy atom. The third-order valence-electron chi connectivity index (χ3n) is 12.8. The first-order chi connectivity index (χ1) is 28.9. The number of methoxy groups -OCH3 is 1. The summed E-state index contributed by atoms with van der Waals surface area (Å²) in [5, 5.41) is 4.99. The van der Waals surface area contributed by atoms with Crippen LogP contribution in [0, 0.1) is 11.7 Å². The van der Waals surface area contributed by atoms with E-state index < -0.39 is 86.7 Å². The summed E-state index contributed by atoms with van der Waals surface area (Å²) in [6, 6.07) is 7.79. The first-order valence-electron chi connectivity index (χ1n) is 21.1. The zero-order valence-electron chi connectivity index (χ0n) is 33.6. The fourth-order valence-electron chi connectivity index (χ4n) is 9.15. The standard InChI is InChI=1S/C43H52FN5O10S/c1-57-29-18-16-26(17-19-29)37-36(59-42(54)48-24-27-10-9-14-33(44)32(27)25-48)22-35-38(50)46-43(40(52)47-60(55,56)31-20-21-31)23-28(43)11-5-3-2-4-6-15-34(39(51)49(35)37)45-41(53)58-30-12-7-8-13-30/h5,9-11,14,16-19,28,30-31,34-37H,2-4,6-8,12-13,15,20-25H2,1H3,(H,45,53)(H,46,50)(H,47,52)/b11-5-/t28?,34?,35?,36-,37+,43?/m1/s1. The molecule has 3 aliphatic heterocycles. The molecule has 5 amide bonds.